The first-order chi connectivity index (χ1) is 11.6. The van der Waals surface area contributed by atoms with E-state index in [9.17, 15) is 4.79 Å². The molecule has 1 aliphatic heterocycles. The van der Waals surface area contributed by atoms with Crippen LogP contribution >= 0.6 is 0 Å². The number of benzene rings is 2. The number of hydrogen-bond acceptors (Lipinski definition) is 4. The van der Waals surface area contributed by atoms with Gasteiger partial charge >= 0.3 is 0 Å². The van der Waals surface area contributed by atoms with E-state index >= 15 is 0 Å². The number of carbonyl (C=O) groups excluding carboxylic acids is 1. The van der Waals surface area contributed by atoms with Crippen LogP contribution in [-0.2, 0) is 11.3 Å². The molecule has 0 N–H and O–H groups in total. The smallest absolute Gasteiger partial charge is 0.243 e. The van der Waals surface area contributed by atoms with E-state index in [1.165, 1.54) is 0 Å². The Hall–Kier alpha value is -2.53. The van der Waals surface area contributed by atoms with Gasteiger partial charge < -0.3 is 14.4 Å². The molecule has 0 radical (unpaired) electrons. The van der Waals surface area contributed by atoms with Gasteiger partial charge in [0, 0.05) is 19.3 Å². The molecule has 126 valence electrons. The SMILES string of the molecule is CC(C(=O)N(C)c1ccccc1)N(C)Cc1ccc2c(c1)OCO2. The Kier molecular flexibility index (Phi) is 4.71. The van der Waals surface area contributed by atoms with Crippen LogP contribution in [0.1, 0.15) is 12.5 Å². The van der Waals surface area contributed by atoms with E-state index in [1.807, 2.05) is 74.4 Å². The highest BCUT2D eigenvalue weighted by atomic mass is 16.7. The van der Waals surface area contributed by atoms with Gasteiger partial charge in [-0.25, -0.2) is 0 Å². The first kappa shape index (κ1) is 16.3. The van der Waals surface area contributed by atoms with Crippen molar-refractivity contribution in [2.75, 3.05) is 25.8 Å². The van der Waals surface area contributed by atoms with Crippen molar-refractivity contribution >= 4 is 11.6 Å². The van der Waals surface area contributed by atoms with Crippen LogP contribution in [0.5, 0.6) is 11.5 Å². The second kappa shape index (κ2) is 6.93. The summed E-state index contributed by atoms with van der Waals surface area (Å²) >= 11 is 0. The number of ether oxygens (including phenoxy) is 2. The summed E-state index contributed by atoms with van der Waals surface area (Å²) in [6.07, 6.45) is 0. The largest absolute Gasteiger partial charge is 0.454 e. The fourth-order valence-electron chi connectivity index (χ4n) is 2.71. The van der Waals surface area contributed by atoms with E-state index in [4.69, 9.17) is 9.47 Å². The minimum absolute atomic E-state index is 0.0597. The summed E-state index contributed by atoms with van der Waals surface area (Å²) in [4.78, 5) is 16.4. The minimum atomic E-state index is -0.236. The molecular formula is C19H22N2O3. The highest BCUT2D eigenvalue weighted by Gasteiger charge is 2.23. The van der Waals surface area contributed by atoms with Crippen molar-refractivity contribution in [1.82, 2.24) is 4.90 Å². The monoisotopic (exact) mass is 326 g/mol. The van der Waals surface area contributed by atoms with Crippen molar-refractivity contribution in [3.63, 3.8) is 0 Å². The number of fused-ring (bicyclic) bond motifs is 1. The molecule has 3 rings (SSSR count). The van der Waals surface area contributed by atoms with Crippen molar-refractivity contribution in [2.24, 2.45) is 0 Å². The van der Waals surface area contributed by atoms with Crippen LogP contribution in [-0.4, -0.2) is 37.7 Å². The standard InChI is InChI=1S/C19H22N2O3/c1-14(19(22)21(3)16-7-5-4-6-8-16)20(2)12-15-9-10-17-18(11-15)24-13-23-17/h4-11,14H,12-13H2,1-3H3. The molecule has 1 heterocycles. The second-order valence-electron chi connectivity index (χ2n) is 6.01. The van der Waals surface area contributed by atoms with Gasteiger partial charge in [0.05, 0.1) is 6.04 Å². The van der Waals surface area contributed by atoms with Gasteiger partial charge in [0.2, 0.25) is 12.7 Å². The number of nitrogens with zero attached hydrogens (tertiary/aromatic N) is 2. The molecule has 0 bridgehead atoms. The van der Waals surface area contributed by atoms with Gasteiger partial charge in [-0.05, 0) is 43.8 Å². The zero-order valence-electron chi connectivity index (χ0n) is 14.2. The first-order valence-corrected chi connectivity index (χ1v) is 7.97. The van der Waals surface area contributed by atoms with Crippen LogP contribution in [0.4, 0.5) is 5.69 Å². The van der Waals surface area contributed by atoms with Gasteiger partial charge in [-0.15, -0.1) is 0 Å². The fraction of sp³-hybridized carbons (Fsp3) is 0.316. The summed E-state index contributed by atoms with van der Waals surface area (Å²) in [6.45, 7) is 2.85. The summed E-state index contributed by atoms with van der Waals surface area (Å²) in [7, 11) is 3.76. The summed E-state index contributed by atoms with van der Waals surface area (Å²) in [5.74, 6) is 1.60. The Balaban J connectivity index is 1.66. The number of anilines is 1. The van der Waals surface area contributed by atoms with E-state index in [-0.39, 0.29) is 18.7 Å². The lowest BCUT2D eigenvalue weighted by Crippen LogP contribution is -2.43. The number of amides is 1. The van der Waals surface area contributed by atoms with Gasteiger partial charge in [0.25, 0.3) is 0 Å². The van der Waals surface area contributed by atoms with E-state index in [0.29, 0.717) is 6.54 Å². The number of carbonyl (C=O) groups is 1. The third-order valence-electron chi connectivity index (χ3n) is 4.36. The number of rotatable bonds is 5. The molecule has 1 atom stereocenters. The molecule has 1 unspecified atom stereocenters. The average molecular weight is 326 g/mol. The lowest BCUT2D eigenvalue weighted by molar-refractivity contribution is -0.122. The molecule has 0 saturated heterocycles. The number of hydrogen-bond donors (Lipinski definition) is 0. The number of para-hydroxylation sites is 1. The van der Waals surface area contributed by atoms with Gasteiger partial charge in [-0.2, -0.15) is 0 Å². The van der Waals surface area contributed by atoms with E-state index < -0.39 is 0 Å². The zero-order valence-corrected chi connectivity index (χ0v) is 14.2. The molecule has 0 aliphatic carbocycles. The summed E-state index contributed by atoms with van der Waals surface area (Å²) in [6, 6.07) is 15.3. The Bertz CT molecular complexity index is 718. The number of likely N-dealkylation sites (N-methyl/N-ethyl adjacent to an activating group) is 2. The van der Waals surface area contributed by atoms with Crippen LogP contribution < -0.4 is 14.4 Å². The van der Waals surface area contributed by atoms with Crippen LogP contribution in [0, 0.1) is 0 Å². The highest BCUT2D eigenvalue weighted by molar-refractivity contribution is 5.96. The second-order valence-corrected chi connectivity index (χ2v) is 6.01. The van der Waals surface area contributed by atoms with Crippen molar-refractivity contribution < 1.29 is 14.3 Å². The molecule has 24 heavy (non-hydrogen) atoms. The maximum atomic E-state index is 12.7. The topological polar surface area (TPSA) is 42.0 Å². The van der Waals surface area contributed by atoms with E-state index in [0.717, 1.165) is 22.7 Å². The molecular weight excluding hydrogens is 304 g/mol. The van der Waals surface area contributed by atoms with E-state index in [2.05, 4.69) is 0 Å². The van der Waals surface area contributed by atoms with Crippen LogP contribution in [0.2, 0.25) is 0 Å². The Morgan fingerprint density at radius 2 is 1.79 bits per heavy atom. The van der Waals surface area contributed by atoms with Gasteiger partial charge in [-0.3, -0.25) is 9.69 Å². The van der Waals surface area contributed by atoms with Crippen LogP contribution in [0.15, 0.2) is 48.5 Å². The van der Waals surface area contributed by atoms with Gasteiger partial charge in [0.15, 0.2) is 11.5 Å². The van der Waals surface area contributed by atoms with E-state index in [1.54, 1.807) is 4.90 Å². The molecule has 2 aromatic carbocycles. The Morgan fingerprint density at radius 3 is 2.54 bits per heavy atom. The Labute approximate surface area is 142 Å². The van der Waals surface area contributed by atoms with Crippen molar-refractivity contribution in [1.29, 1.82) is 0 Å². The Morgan fingerprint density at radius 1 is 1.08 bits per heavy atom. The highest BCUT2D eigenvalue weighted by Crippen LogP contribution is 2.32. The van der Waals surface area contributed by atoms with Crippen molar-refractivity contribution in [2.45, 2.75) is 19.5 Å². The molecule has 5 heteroatoms. The van der Waals surface area contributed by atoms with Crippen molar-refractivity contribution in [3.05, 3.63) is 54.1 Å². The van der Waals surface area contributed by atoms with Crippen LogP contribution in [0.25, 0.3) is 0 Å². The quantitative estimate of drug-likeness (QED) is 0.847. The molecule has 0 spiro atoms. The fourth-order valence-corrected chi connectivity index (χ4v) is 2.71. The lowest BCUT2D eigenvalue weighted by Gasteiger charge is -2.28. The van der Waals surface area contributed by atoms with Gasteiger partial charge in [-0.1, -0.05) is 24.3 Å². The van der Waals surface area contributed by atoms with Crippen molar-refractivity contribution in [3.8, 4) is 11.5 Å². The molecule has 0 saturated carbocycles. The third-order valence-corrected chi connectivity index (χ3v) is 4.36. The summed E-state index contributed by atoms with van der Waals surface area (Å²) in [5, 5.41) is 0. The zero-order chi connectivity index (χ0) is 17.1. The summed E-state index contributed by atoms with van der Waals surface area (Å²) < 4.78 is 10.7. The molecule has 0 fully saturated rings. The van der Waals surface area contributed by atoms with Gasteiger partial charge in [0.1, 0.15) is 0 Å². The molecule has 0 aromatic heterocycles. The first-order valence-electron chi connectivity index (χ1n) is 7.97. The molecule has 2 aromatic rings. The molecule has 1 amide bonds. The predicted octanol–water partition coefficient (Wildman–Crippen LogP) is 2.90. The summed E-state index contributed by atoms with van der Waals surface area (Å²) in [5.41, 5.74) is 1.98. The maximum Gasteiger partial charge on any atom is 0.243 e. The average Bonchev–Trinajstić information content (AvgIpc) is 3.08. The maximum absolute atomic E-state index is 12.7. The molecule has 5 nitrogen and oxygen atoms in total. The third kappa shape index (κ3) is 3.36. The lowest BCUT2D eigenvalue weighted by atomic mass is 10.1. The minimum Gasteiger partial charge on any atom is -0.454 e. The predicted molar refractivity (Wildman–Crippen MR) is 93.3 cm³/mol. The van der Waals surface area contributed by atoms with Crippen LogP contribution in [0.3, 0.4) is 0 Å². The normalized spacial score (nSPS) is 13.8. The molecule has 1 aliphatic rings.